The molecule has 2 heteroatoms. The van der Waals surface area contributed by atoms with Crippen molar-refractivity contribution in [1.29, 1.82) is 0 Å². The van der Waals surface area contributed by atoms with Crippen molar-refractivity contribution in [2.45, 2.75) is 39.5 Å². The van der Waals surface area contributed by atoms with Gasteiger partial charge in [0.05, 0.1) is 5.92 Å². The summed E-state index contributed by atoms with van der Waals surface area (Å²) in [5.41, 5.74) is 2.02. The zero-order valence-electron chi connectivity index (χ0n) is 10.2. The van der Waals surface area contributed by atoms with Crippen molar-refractivity contribution in [1.82, 2.24) is 0 Å². The third kappa shape index (κ3) is 3.09. The Balaban J connectivity index is 2.94. The van der Waals surface area contributed by atoms with Crippen LogP contribution in [0.1, 0.15) is 43.7 Å². The number of hydrogen-bond acceptors (Lipinski definition) is 1. The van der Waals surface area contributed by atoms with Gasteiger partial charge in [0.15, 0.2) is 0 Å². The van der Waals surface area contributed by atoms with E-state index in [9.17, 15) is 9.90 Å². The van der Waals surface area contributed by atoms with Gasteiger partial charge in [-0.05, 0) is 30.4 Å². The van der Waals surface area contributed by atoms with Gasteiger partial charge in [-0.15, -0.1) is 0 Å². The van der Waals surface area contributed by atoms with E-state index >= 15 is 0 Å². The van der Waals surface area contributed by atoms with Crippen LogP contribution in [0.15, 0.2) is 24.3 Å². The van der Waals surface area contributed by atoms with Crippen LogP contribution in [0.4, 0.5) is 0 Å². The second-order valence-corrected chi connectivity index (χ2v) is 4.50. The third-order valence-corrected chi connectivity index (χ3v) is 3.20. The maximum absolute atomic E-state index is 11.3. The van der Waals surface area contributed by atoms with E-state index in [1.54, 1.807) is 0 Å². The van der Waals surface area contributed by atoms with Gasteiger partial charge >= 0.3 is 5.97 Å². The zero-order valence-corrected chi connectivity index (χ0v) is 10.2. The lowest BCUT2D eigenvalue weighted by molar-refractivity contribution is -0.139. The number of carbonyl (C=O) groups is 1. The van der Waals surface area contributed by atoms with Gasteiger partial charge in [-0.25, -0.2) is 0 Å². The van der Waals surface area contributed by atoms with Crippen LogP contribution in [-0.4, -0.2) is 11.1 Å². The van der Waals surface area contributed by atoms with E-state index in [1.807, 2.05) is 31.2 Å². The SMILES string of the molecule is CCC(C)CC(C(=O)O)c1ccccc1C. The Morgan fingerprint density at radius 2 is 2.00 bits per heavy atom. The van der Waals surface area contributed by atoms with Gasteiger partial charge in [0.2, 0.25) is 0 Å². The van der Waals surface area contributed by atoms with Crippen LogP contribution in [0.25, 0.3) is 0 Å². The van der Waals surface area contributed by atoms with E-state index in [1.165, 1.54) is 0 Å². The molecule has 2 unspecified atom stereocenters. The molecule has 0 saturated carbocycles. The van der Waals surface area contributed by atoms with Gasteiger partial charge in [0, 0.05) is 0 Å². The molecule has 0 heterocycles. The molecule has 0 aromatic heterocycles. The zero-order chi connectivity index (χ0) is 12.1. The minimum atomic E-state index is -0.713. The number of carboxylic acid groups (broad SMARTS) is 1. The van der Waals surface area contributed by atoms with Gasteiger partial charge in [-0.1, -0.05) is 44.5 Å². The normalized spacial score (nSPS) is 14.4. The van der Waals surface area contributed by atoms with Crippen molar-refractivity contribution >= 4 is 5.97 Å². The molecule has 0 aliphatic rings. The molecule has 0 amide bonds. The molecule has 2 nitrogen and oxygen atoms in total. The highest BCUT2D eigenvalue weighted by atomic mass is 16.4. The average molecular weight is 220 g/mol. The van der Waals surface area contributed by atoms with E-state index in [2.05, 4.69) is 13.8 Å². The van der Waals surface area contributed by atoms with Gasteiger partial charge < -0.3 is 5.11 Å². The van der Waals surface area contributed by atoms with Gasteiger partial charge in [-0.2, -0.15) is 0 Å². The minimum absolute atomic E-state index is 0.365. The molecule has 1 N–H and O–H groups in total. The number of carboxylic acids is 1. The lowest BCUT2D eigenvalue weighted by Gasteiger charge is -2.18. The number of aliphatic carboxylic acids is 1. The van der Waals surface area contributed by atoms with Crippen molar-refractivity contribution in [2.75, 3.05) is 0 Å². The van der Waals surface area contributed by atoms with Gasteiger partial charge in [-0.3, -0.25) is 4.79 Å². The van der Waals surface area contributed by atoms with Crippen LogP contribution in [0.2, 0.25) is 0 Å². The molecule has 1 aromatic carbocycles. The molecular weight excluding hydrogens is 200 g/mol. The quantitative estimate of drug-likeness (QED) is 0.823. The smallest absolute Gasteiger partial charge is 0.310 e. The maximum Gasteiger partial charge on any atom is 0.310 e. The number of benzene rings is 1. The predicted octanol–water partition coefficient (Wildman–Crippen LogP) is 3.60. The van der Waals surface area contributed by atoms with Gasteiger partial charge in [0.25, 0.3) is 0 Å². The monoisotopic (exact) mass is 220 g/mol. The van der Waals surface area contributed by atoms with Gasteiger partial charge in [0.1, 0.15) is 0 Å². The fraction of sp³-hybridized carbons (Fsp3) is 0.500. The van der Waals surface area contributed by atoms with E-state index < -0.39 is 5.97 Å². The van der Waals surface area contributed by atoms with Crippen LogP contribution in [0.3, 0.4) is 0 Å². The number of rotatable bonds is 5. The number of hydrogen-bond donors (Lipinski definition) is 1. The van der Waals surface area contributed by atoms with Crippen LogP contribution < -0.4 is 0 Å². The Kier molecular flexibility index (Phi) is 4.53. The van der Waals surface area contributed by atoms with Crippen LogP contribution in [0.5, 0.6) is 0 Å². The van der Waals surface area contributed by atoms with Crippen molar-refractivity contribution in [3.05, 3.63) is 35.4 Å². The molecule has 0 saturated heterocycles. The topological polar surface area (TPSA) is 37.3 Å². The van der Waals surface area contributed by atoms with Crippen molar-refractivity contribution in [2.24, 2.45) is 5.92 Å². The summed E-state index contributed by atoms with van der Waals surface area (Å²) in [6, 6.07) is 7.76. The highest BCUT2D eigenvalue weighted by Crippen LogP contribution is 2.27. The first-order chi connectivity index (χ1) is 7.56. The maximum atomic E-state index is 11.3. The Labute approximate surface area is 97.3 Å². The molecule has 0 bridgehead atoms. The second kappa shape index (κ2) is 5.69. The summed E-state index contributed by atoms with van der Waals surface area (Å²) < 4.78 is 0. The fourth-order valence-corrected chi connectivity index (χ4v) is 1.91. The first kappa shape index (κ1) is 12.8. The molecule has 0 aliphatic heterocycles. The lowest BCUT2D eigenvalue weighted by atomic mass is 9.86. The van der Waals surface area contributed by atoms with E-state index in [0.717, 1.165) is 24.0 Å². The molecule has 1 aromatic rings. The Bertz CT molecular complexity index is 358. The summed E-state index contributed by atoms with van der Waals surface area (Å²) in [6.45, 7) is 6.18. The van der Waals surface area contributed by atoms with E-state index in [0.29, 0.717) is 5.92 Å². The summed E-state index contributed by atoms with van der Waals surface area (Å²) in [6.07, 6.45) is 1.74. The van der Waals surface area contributed by atoms with Crippen LogP contribution in [-0.2, 0) is 4.79 Å². The fourth-order valence-electron chi connectivity index (χ4n) is 1.91. The molecule has 0 fully saturated rings. The van der Waals surface area contributed by atoms with Crippen molar-refractivity contribution in [3.63, 3.8) is 0 Å². The third-order valence-electron chi connectivity index (χ3n) is 3.20. The van der Waals surface area contributed by atoms with Crippen molar-refractivity contribution in [3.8, 4) is 0 Å². The molecule has 0 aliphatic carbocycles. The van der Waals surface area contributed by atoms with Crippen LogP contribution in [0, 0.1) is 12.8 Å². The highest BCUT2D eigenvalue weighted by molar-refractivity contribution is 5.76. The average Bonchev–Trinajstić information content (AvgIpc) is 2.26. The summed E-state index contributed by atoms with van der Waals surface area (Å²) in [4.78, 5) is 11.3. The summed E-state index contributed by atoms with van der Waals surface area (Å²) >= 11 is 0. The Morgan fingerprint density at radius 3 is 2.50 bits per heavy atom. The standard InChI is InChI=1S/C14H20O2/c1-4-10(2)9-13(14(15)16)12-8-6-5-7-11(12)3/h5-8,10,13H,4,9H2,1-3H3,(H,15,16). The summed E-state index contributed by atoms with van der Waals surface area (Å²) in [5, 5.41) is 9.30. The molecule has 88 valence electrons. The predicted molar refractivity (Wildman–Crippen MR) is 65.6 cm³/mol. The highest BCUT2D eigenvalue weighted by Gasteiger charge is 2.22. The molecular formula is C14H20O2. The van der Waals surface area contributed by atoms with E-state index in [4.69, 9.17) is 0 Å². The second-order valence-electron chi connectivity index (χ2n) is 4.50. The minimum Gasteiger partial charge on any atom is -0.481 e. The molecule has 0 radical (unpaired) electrons. The summed E-state index contributed by atoms with van der Waals surface area (Å²) in [7, 11) is 0. The first-order valence-electron chi connectivity index (χ1n) is 5.84. The summed E-state index contributed by atoms with van der Waals surface area (Å²) in [5.74, 6) is -0.633. The van der Waals surface area contributed by atoms with E-state index in [-0.39, 0.29) is 5.92 Å². The Morgan fingerprint density at radius 1 is 1.38 bits per heavy atom. The van der Waals surface area contributed by atoms with Crippen molar-refractivity contribution < 1.29 is 9.90 Å². The molecule has 16 heavy (non-hydrogen) atoms. The van der Waals surface area contributed by atoms with Crippen LogP contribution >= 0.6 is 0 Å². The number of aryl methyl sites for hydroxylation is 1. The Hall–Kier alpha value is -1.31. The molecule has 2 atom stereocenters. The first-order valence-corrected chi connectivity index (χ1v) is 5.84. The molecule has 0 spiro atoms. The molecule has 1 rings (SSSR count). The lowest BCUT2D eigenvalue weighted by Crippen LogP contribution is -2.15. The largest absolute Gasteiger partial charge is 0.481 e.